The van der Waals surface area contributed by atoms with Crippen LogP contribution in [0.3, 0.4) is 0 Å². The minimum Gasteiger partial charge on any atom is -0.382 e. The molecule has 2 heterocycles. The zero-order valence-corrected chi connectivity index (χ0v) is 13.7. The summed E-state index contributed by atoms with van der Waals surface area (Å²) < 4.78 is 0. The zero-order valence-electron chi connectivity index (χ0n) is 13.0. The maximum absolute atomic E-state index is 11.4. The van der Waals surface area contributed by atoms with Crippen molar-refractivity contribution in [2.24, 2.45) is 5.92 Å². The molecule has 0 saturated carbocycles. The van der Waals surface area contributed by atoms with E-state index in [2.05, 4.69) is 50.7 Å². The molecule has 1 saturated heterocycles. The number of nitrogens with zero attached hydrogens (tertiary/aromatic N) is 2. The van der Waals surface area contributed by atoms with E-state index in [0.717, 1.165) is 39.0 Å². The van der Waals surface area contributed by atoms with Crippen molar-refractivity contribution >= 4 is 17.3 Å². The molecule has 0 amide bonds. The summed E-state index contributed by atoms with van der Waals surface area (Å²) in [4.78, 5) is 13.9. The van der Waals surface area contributed by atoms with E-state index in [1.807, 2.05) is 0 Å². The Hall–Kier alpha value is -1.85. The van der Waals surface area contributed by atoms with E-state index in [4.69, 9.17) is 11.6 Å². The molecule has 1 fully saturated rings. The van der Waals surface area contributed by atoms with Crippen molar-refractivity contribution in [2.45, 2.75) is 12.8 Å². The van der Waals surface area contributed by atoms with Gasteiger partial charge in [-0.3, -0.25) is 4.79 Å². The highest BCUT2D eigenvalue weighted by molar-refractivity contribution is 6.32. The molecule has 0 radical (unpaired) electrons. The molecule has 1 aromatic carbocycles. The molecule has 0 unspecified atom stereocenters. The van der Waals surface area contributed by atoms with E-state index in [9.17, 15) is 4.79 Å². The van der Waals surface area contributed by atoms with Crippen LogP contribution in [-0.4, -0.2) is 41.3 Å². The number of rotatable bonds is 6. The van der Waals surface area contributed by atoms with Crippen LogP contribution < -0.4 is 10.9 Å². The number of anilines is 1. The lowest BCUT2D eigenvalue weighted by Gasteiger charge is -2.16. The van der Waals surface area contributed by atoms with Crippen LogP contribution in [0, 0.1) is 5.92 Å². The van der Waals surface area contributed by atoms with Crippen LogP contribution in [0.2, 0.25) is 5.02 Å². The zero-order chi connectivity index (χ0) is 16.1. The Bertz CT molecular complexity index is 688. The van der Waals surface area contributed by atoms with Crippen LogP contribution >= 0.6 is 11.6 Å². The smallest absolute Gasteiger partial charge is 0.285 e. The van der Waals surface area contributed by atoms with Crippen molar-refractivity contribution in [1.29, 1.82) is 0 Å². The lowest BCUT2D eigenvalue weighted by molar-refractivity contribution is 0.330. The van der Waals surface area contributed by atoms with Gasteiger partial charge in [-0.1, -0.05) is 41.9 Å². The molecule has 2 N–H and O–H groups in total. The van der Waals surface area contributed by atoms with Gasteiger partial charge in [0.2, 0.25) is 0 Å². The second-order valence-corrected chi connectivity index (χ2v) is 6.38. The molecule has 0 spiro atoms. The van der Waals surface area contributed by atoms with Gasteiger partial charge in [-0.15, -0.1) is 0 Å². The standard InChI is InChI=1S/C17H21ClN4O/c18-16-15(11-20-21-17(16)23)19-10-14-7-9-22(12-14)8-6-13-4-2-1-3-5-13/h1-5,11,14H,6-10,12H2,(H2,19,21,23)/t14-/m1/s1. The van der Waals surface area contributed by atoms with Crippen molar-refractivity contribution in [3.05, 3.63) is 57.5 Å². The number of benzene rings is 1. The third-order valence-corrected chi connectivity index (χ3v) is 4.68. The first-order valence-corrected chi connectivity index (χ1v) is 8.33. The molecule has 1 aliphatic heterocycles. The normalized spacial score (nSPS) is 18.2. The molecule has 0 aliphatic carbocycles. The van der Waals surface area contributed by atoms with Gasteiger partial charge in [-0.2, -0.15) is 5.10 Å². The van der Waals surface area contributed by atoms with E-state index in [-0.39, 0.29) is 10.6 Å². The monoisotopic (exact) mass is 332 g/mol. The Balaban J connectivity index is 1.45. The van der Waals surface area contributed by atoms with Crippen molar-refractivity contribution < 1.29 is 0 Å². The van der Waals surface area contributed by atoms with E-state index in [1.54, 1.807) is 6.20 Å². The number of likely N-dealkylation sites (tertiary alicyclic amines) is 1. The molecule has 23 heavy (non-hydrogen) atoms. The van der Waals surface area contributed by atoms with Gasteiger partial charge in [0.15, 0.2) is 0 Å². The molecule has 2 aromatic rings. The van der Waals surface area contributed by atoms with Gasteiger partial charge in [-0.05, 0) is 30.9 Å². The fourth-order valence-electron chi connectivity index (χ4n) is 2.98. The maximum Gasteiger partial charge on any atom is 0.285 e. The summed E-state index contributed by atoms with van der Waals surface area (Å²) in [6, 6.07) is 10.6. The predicted molar refractivity (Wildman–Crippen MR) is 93.1 cm³/mol. The number of aromatic amines is 1. The number of hydrogen-bond donors (Lipinski definition) is 2. The predicted octanol–water partition coefficient (Wildman–Crippen LogP) is 2.40. The molecule has 122 valence electrons. The topological polar surface area (TPSA) is 61.0 Å². The highest BCUT2D eigenvalue weighted by atomic mass is 35.5. The summed E-state index contributed by atoms with van der Waals surface area (Å²) in [5, 5.41) is 9.52. The van der Waals surface area contributed by atoms with Crippen molar-refractivity contribution in [3.8, 4) is 0 Å². The van der Waals surface area contributed by atoms with Gasteiger partial charge in [0.1, 0.15) is 5.02 Å². The average molecular weight is 333 g/mol. The van der Waals surface area contributed by atoms with Gasteiger partial charge in [0.05, 0.1) is 11.9 Å². The van der Waals surface area contributed by atoms with Crippen LogP contribution in [0.1, 0.15) is 12.0 Å². The van der Waals surface area contributed by atoms with E-state index < -0.39 is 0 Å². The van der Waals surface area contributed by atoms with Crippen LogP contribution in [0.5, 0.6) is 0 Å². The van der Waals surface area contributed by atoms with Gasteiger partial charge in [0, 0.05) is 19.6 Å². The first-order chi connectivity index (χ1) is 11.2. The van der Waals surface area contributed by atoms with E-state index in [1.165, 1.54) is 5.56 Å². The Kier molecular flexibility index (Phi) is 5.31. The van der Waals surface area contributed by atoms with Gasteiger partial charge in [0.25, 0.3) is 5.56 Å². The minimum absolute atomic E-state index is 0.180. The highest BCUT2D eigenvalue weighted by Gasteiger charge is 2.22. The maximum atomic E-state index is 11.4. The Morgan fingerprint density at radius 3 is 3.00 bits per heavy atom. The Morgan fingerprint density at radius 2 is 2.17 bits per heavy atom. The molecule has 0 bridgehead atoms. The summed E-state index contributed by atoms with van der Waals surface area (Å²) in [6.07, 6.45) is 3.81. The second-order valence-electron chi connectivity index (χ2n) is 6.00. The van der Waals surface area contributed by atoms with E-state index >= 15 is 0 Å². The lowest BCUT2D eigenvalue weighted by Crippen LogP contribution is -2.25. The quantitative estimate of drug-likeness (QED) is 0.852. The number of halogens is 1. The summed E-state index contributed by atoms with van der Waals surface area (Å²) in [5.41, 5.74) is 1.64. The summed E-state index contributed by atoms with van der Waals surface area (Å²) >= 11 is 5.97. The van der Waals surface area contributed by atoms with Crippen LogP contribution in [0.4, 0.5) is 5.69 Å². The molecular formula is C17H21ClN4O. The largest absolute Gasteiger partial charge is 0.382 e. The molecule has 1 atom stereocenters. The third kappa shape index (κ3) is 4.33. The van der Waals surface area contributed by atoms with Crippen LogP contribution in [0.15, 0.2) is 41.3 Å². The molecule has 1 aromatic heterocycles. The minimum atomic E-state index is -0.354. The van der Waals surface area contributed by atoms with Crippen molar-refractivity contribution in [1.82, 2.24) is 15.1 Å². The van der Waals surface area contributed by atoms with Crippen LogP contribution in [0.25, 0.3) is 0 Å². The molecule has 3 rings (SSSR count). The van der Waals surface area contributed by atoms with Crippen molar-refractivity contribution in [3.63, 3.8) is 0 Å². The average Bonchev–Trinajstić information content (AvgIpc) is 3.03. The number of H-pyrrole nitrogens is 1. The first kappa shape index (κ1) is 16.0. The number of nitrogens with one attached hydrogen (secondary N) is 2. The van der Waals surface area contributed by atoms with E-state index in [0.29, 0.717) is 11.6 Å². The van der Waals surface area contributed by atoms with Crippen molar-refractivity contribution in [2.75, 3.05) is 31.5 Å². The summed E-state index contributed by atoms with van der Waals surface area (Å²) in [6.45, 7) is 4.11. The number of hydrogen-bond acceptors (Lipinski definition) is 4. The SMILES string of the molecule is O=c1[nH]ncc(NC[C@H]2CCN(CCc3ccccc3)C2)c1Cl. The molecule has 6 heteroatoms. The van der Waals surface area contributed by atoms with Crippen LogP contribution in [-0.2, 0) is 6.42 Å². The Morgan fingerprint density at radius 1 is 1.35 bits per heavy atom. The van der Waals surface area contributed by atoms with Gasteiger partial charge in [-0.25, -0.2) is 5.10 Å². The highest BCUT2D eigenvalue weighted by Crippen LogP contribution is 2.20. The molecular weight excluding hydrogens is 312 g/mol. The Labute approximate surface area is 140 Å². The molecule has 1 aliphatic rings. The summed E-state index contributed by atoms with van der Waals surface area (Å²) in [7, 11) is 0. The number of aromatic nitrogens is 2. The van der Waals surface area contributed by atoms with Gasteiger partial charge < -0.3 is 10.2 Å². The first-order valence-electron chi connectivity index (χ1n) is 7.95. The second kappa shape index (κ2) is 7.62. The lowest BCUT2D eigenvalue weighted by atomic mass is 10.1. The fourth-order valence-corrected chi connectivity index (χ4v) is 3.13. The summed E-state index contributed by atoms with van der Waals surface area (Å²) in [5.74, 6) is 0.570. The molecule has 5 nitrogen and oxygen atoms in total. The van der Waals surface area contributed by atoms with Gasteiger partial charge >= 0.3 is 0 Å². The third-order valence-electron chi connectivity index (χ3n) is 4.31. The fraction of sp³-hybridized carbons (Fsp3) is 0.412.